The maximum absolute atomic E-state index is 12.1. The number of hydrogen-bond donors (Lipinski definition) is 1. The fourth-order valence-electron chi connectivity index (χ4n) is 2.65. The van der Waals surface area contributed by atoms with Crippen LogP contribution in [-0.2, 0) is 4.74 Å². The summed E-state index contributed by atoms with van der Waals surface area (Å²) < 4.78 is 5.43. The zero-order chi connectivity index (χ0) is 16.5. The van der Waals surface area contributed by atoms with Crippen molar-refractivity contribution in [2.75, 3.05) is 36.8 Å². The fraction of sp³-hybridized carbons (Fsp3) is 0.588. The van der Waals surface area contributed by atoms with E-state index in [1.807, 2.05) is 33.8 Å². The van der Waals surface area contributed by atoms with Crippen molar-refractivity contribution in [2.24, 2.45) is 0 Å². The van der Waals surface area contributed by atoms with E-state index in [2.05, 4.69) is 17.9 Å². The first-order chi connectivity index (χ1) is 10.2. The highest BCUT2D eigenvalue weighted by atomic mass is 16.6. The summed E-state index contributed by atoms with van der Waals surface area (Å²) in [5, 5.41) is 0. The number of anilines is 2. The predicted octanol–water partition coefficient (Wildman–Crippen LogP) is 2.94. The fourth-order valence-corrected chi connectivity index (χ4v) is 2.65. The first kappa shape index (κ1) is 16.5. The molecule has 2 rings (SSSR count). The summed E-state index contributed by atoms with van der Waals surface area (Å²) in [7, 11) is 0. The molecule has 0 spiro atoms. The molecule has 5 nitrogen and oxygen atoms in total. The number of ether oxygens (including phenoxy) is 1. The van der Waals surface area contributed by atoms with Crippen molar-refractivity contribution in [3.63, 3.8) is 0 Å². The molecule has 1 aliphatic rings. The molecular weight excluding hydrogens is 278 g/mol. The lowest BCUT2D eigenvalue weighted by atomic mass is 10.1. The molecule has 0 radical (unpaired) electrons. The predicted molar refractivity (Wildman–Crippen MR) is 90.3 cm³/mol. The number of nitrogen functional groups attached to an aromatic ring is 1. The van der Waals surface area contributed by atoms with Gasteiger partial charge in [0.15, 0.2) is 0 Å². The summed E-state index contributed by atoms with van der Waals surface area (Å²) in [5.74, 6) is 0. The van der Waals surface area contributed by atoms with Crippen molar-refractivity contribution in [1.82, 2.24) is 4.90 Å². The Kier molecular flexibility index (Phi) is 4.54. The Morgan fingerprint density at radius 3 is 2.23 bits per heavy atom. The molecule has 1 aromatic carbocycles. The lowest BCUT2D eigenvalue weighted by molar-refractivity contribution is 0.0240. The van der Waals surface area contributed by atoms with Crippen LogP contribution >= 0.6 is 0 Å². The second kappa shape index (κ2) is 6.07. The van der Waals surface area contributed by atoms with E-state index in [4.69, 9.17) is 10.5 Å². The molecule has 1 aromatic rings. The summed E-state index contributed by atoms with van der Waals surface area (Å²) >= 11 is 0. The molecule has 122 valence electrons. The quantitative estimate of drug-likeness (QED) is 0.810. The van der Waals surface area contributed by atoms with Gasteiger partial charge in [-0.25, -0.2) is 4.79 Å². The number of piperazine rings is 1. The molecule has 22 heavy (non-hydrogen) atoms. The average Bonchev–Trinajstić information content (AvgIpc) is 2.41. The Morgan fingerprint density at radius 1 is 1.09 bits per heavy atom. The van der Waals surface area contributed by atoms with Gasteiger partial charge in [0.1, 0.15) is 5.60 Å². The molecule has 0 unspecified atom stereocenters. The Balaban J connectivity index is 2.01. The van der Waals surface area contributed by atoms with Crippen molar-refractivity contribution < 1.29 is 9.53 Å². The summed E-state index contributed by atoms with van der Waals surface area (Å²) in [4.78, 5) is 16.1. The van der Waals surface area contributed by atoms with E-state index in [9.17, 15) is 4.79 Å². The van der Waals surface area contributed by atoms with Gasteiger partial charge >= 0.3 is 6.09 Å². The minimum Gasteiger partial charge on any atom is -0.444 e. The highest BCUT2D eigenvalue weighted by Gasteiger charge is 2.26. The van der Waals surface area contributed by atoms with Crippen molar-refractivity contribution in [1.29, 1.82) is 0 Å². The number of carbonyl (C=O) groups excluding carboxylic acids is 1. The van der Waals surface area contributed by atoms with E-state index >= 15 is 0 Å². The van der Waals surface area contributed by atoms with Crippen molar-refractivity contribution in [3.05, 3.63) is 23.3 Å². The second-order valence-electron chi connectivity index (χ2n) is 6.95. The van der Waals surface area contributed by atoms with Gasteiger partial charge in [0.25, 0.3) is 0 Å². The van der Waals surface area contributed by atoms with Crippen LogP contribution in [0.2, 0.25) is 0 Å². The molecule has 0 aliphatic carbocycles. The highest BCUT2D eigenvalue weighted by Crippen LogP contribution is 2.27. The number of nitrogens with zero attached hydrogens (tertiary/aromatic N) is 2. The topological polar surface area (TPSA) is 58.8 Å². The third-order valence-electron chi connectivity index (χ3n) is 3.86. The molecule has 0 atom stereocenters. The van der Waals surface area contributed by atoms with Gasteiger partial charge in [0.2, 0.25) is 0 Å². The second-order valence-corrected chi connectivity index (χ2v) is 6.95. The molecule has 1 saturated heterocycles. The molecule has 0 saturated carbocycles. The zero-order valence-electron chi connectivity index (χ0n) is 14.3. The largest absolute Gasteiger partial charge is 0.444 e. The van der Waals surface area contributed by atoms with Gasteiger partial charge in [-0.3, -0.25) is 0 Å². The molecular formula is C17H27N3O2. The molecule has 1 amide bonds. The maximum atomic E-state index is 12.1. The minimum atomic E-state index is -0.448. The average molecular weight is 305 g/mol. The van der Waals surface area contributed by atoms with Gasteiger partial charge in [-0.15, -0.1) is 0 Å². The van der Waals surface area contributed by atoms with Crippen LogP contribution in [0.3, 0.4) is 0 Å². The first-order valence-corrected chi connectivity index (χ1v) is 7.77. The summed E-state index contributed by atoms with van der Waals surface area (Å²) in [5.41, 5.74) is 9.88. The first-order valence-electron chi connectivity index (χ1n) is 7.77. The van der Waals surface area contributed by atoms with E-state index in [0.29, 0.717) is 13.1 Å². The van der Waals surface area contributed by atoms with E-state index in [1.165, 1.54) is 5.56 Å². The van der Waals surface area contributed by atoms with Crippen LogP contribution < -0.4 is 10.6 Å². The summed E-state index contributed by atoms with van der Waals surface area (Å²) in [6, 6.07) is 4.15. The SMILES string of the molecule is Cc1cc(C)c(N2CCN(C(=O)OC(C)(C)C)CC2)cc1N. The molecule has 2 N–H and O–H groups in total. The van der Waals surface area contributed by atoms with Gasteiger partial charge in [0, 0.05) is 37.6 Å². The molecule has 1 fully saturated rings. The normalized spacial score (nSPS) is 15.9. The van der Waals surface area contributed by atoms with E-state index < -0.39 is 5.60 Å². The van der Waals surface area contributed by atoms with E-state index in [0.717, 1.165) is 30.0 Å². The Labute approximate surface area is 133 Å². The lowest BCUT2D eigenvalue weighted by Crippen LogP contribution is -2.50. The zero-order valence-corrected chi connectivity index (χ0v) is 14.3. The molecule has 0 bridgehead atoms. The van der Waals surface area contributed by atoms with Crippen LogP contribution in [0.15, 0.2) is 12.1 Å². The number of rotatable bonds is 1. The number of benzene rings is 1. The summed E-state index contributed by atoms with van der Waals surface area (Å²) in [6.07, 6.45) is -0.229. The van der Waals surface area contributed by atoms with Crippen LogP contribution in [0, 0.1) is 13.8 Å². The molecule has 0 aromatic heterocycles. The van der Waals surface area contributed by atoms with Crippen LogP contribution in [0.1, 0.15) is 31.9 Å². The number of amides is 1. The Morgan fingerprint density at radius 2 is 1.68 bits per heavy atom. The minimum absolute atomic E-state index is 0.229. The maximum Gasteiger partial charge on any atom is 0.410 e. The van der Waals surface area contributed by atoms with Crippen LogP contribution in [0.5, 0.6) is 0 Å². The Hall–Kier alpha value is -1.91. The number of carbonyl (C=O) groups is 1. The van der Waals surface area contributed by atoms with Crippen molar-refractivity contribution in [2.45, 2.75) is 40.2 Å². The van der Waals surface area contributed by atoms with Gasteiger partial charge in [-0.1, -0.05) is 6.07 Å². The van der Waals surface area contributed by atoms with Crippen LogP contribution in [0.25, 0.3) is 0 Å². The number of aryl methyl sites for hydroxylation is 2. The van der Waals surface area contributed by atoms with E-state index in [-0.39, 0.29) is 6.09 Å². The Bertz CT molecular complexity index is 556. The van der Waals surface area contributed by atoms with Crippen LogP contribution in [0.4, 0.5) is 16.2 Å². The van der Waals surface area contributed by atoms with Crippen molar-refractivity contribution in [3.8, 4) is 0 Å². The molecule has 1 heterocycles. The number of nitrogens with two attached hydrogens (primary N) is 1. The highest BCUT2D eigenvalue weighted by molar-refractivity contribution is 5.69. The van der Waals surface area contributed by atoms with Gasteiger partial charge in [0.05, 0.1) is 0 Å². The lowest BCUT2D eigenvalue weighted by Gasteiger charge is -2.37. The third kappa shape index (κ3) is 3.84. The monoisotopic (exact) mass is 305 g/mol. The van der Waals surface area contributed by atoms with Gasteiger partial charge in [-0.05, 0) is 51.8 Å². The standard InChI is InChI=1S/C17H27N3O2/c1-12-10-13(2)15(11-14(12)18)19-6-8-20(9-7-19)16(21)22-17(3,4)5/h10-11H,6-9,18H2,1-5H3. The van der Waals surface area contributed by atoms with E-state index in [1.54, 1.807) is 4.90 Å². The number of hydrogen-bond acceptors (Lipinski definition) is 4. The summed E-state index contributed by atoms with van der Waals surface area (Å²) in [6.45, 7) is 12.7. The van der Waals surface area contributed by atoms with Gasteiger partial charge in [-0.2, -0.15) is 0 Å². The van der Waals surface area contributed by atoms with Crippen molar-refractivity contribution >= 4 is 17.5 Å². The molecule has 1 aliphatic heterocycles. The molecule has 5 heteroatoms. The smallest absolute Gasteiger partial charge is 0.410 e. The third-order valence-corrected chi connectivity index (χ3v) is 3.86. The van der Waals surface area contributed by atoms with Crippen LogP contribution in [-0.4, -0.2) is 42.8 Å². The van der Waals surface area contributed by atoms with Gasteiger partial charge < -0.3 is 20.3 Å².